The highest BCUT2D eigenvalue weighted by Gasteiger charge is 2.31. The van der Waals surface area contributed by atoms with Crippen LogP contribution in [0.2, 0.25) is 0 Å². The molecule has 1 aliphatic carbocycles. The SMILES string of the molecule is c1ccc(-c2ccccc2C2c3ccccc3-c3cc(-c4ccc5c(c4)c4ccccc4n5-c4ccc5c(c4)c4ccccc4n5-c4ccccc4-c4ccccc4)ccc32)cc1. The Bertz CT molecular complexity index is 3740. The Morgan fingerprint density at radius 3 is 1.48 bits per heavy atom. The molecule has 2 aromatic heterocycles. The van der Waals surface area contributed by atoms with E-state index in [0.717, 1.165) is 5.69 Å². The van der Waals surface area contributed by atoms with E-state index in [9.17, 15) is 0 Å². The Labute approximate surface area is 366 Å². The van der Waals surface area contributed by atoms with Crippen molar-refractivity contribution in [2.75, 3.05) is 0 Å². The number of para-hydroxylation sites is 3. The molecule has 13 rings (SSSR count). The summed E-state index contributed by atoms with van der Waals surface area (Å²) in [5.74, 6) is 0.159. The highest BCUT2D eigenvalue weighted by molar-refractivity contribution is 6.13. The van der Waals surface area contributed by atoms with E-state index in [1.165, 1.54) is 110 Å². The first-order valence-electron chi connectivity index (χ1n) is 21.9. The van der Waals surface area contributed by atoms with Crippen molar-refractivity contribution in [1.29, 1.82) is 0 Å². The minimum atomic E-state index is 0.159. The van der Waals surface area contributed by atoms with E-state index in [-0.39, 0.29) is 5.92 Å². The summed E-state index contributed by atoms with van der Waals surface area (Å²) < 4.78 is 4.89. The Balaban J connectivity index is 0.945. The average Bonchev–Trinajstić information content (AvgIpc) is 3.99. The molecule has 1 aliphatic rings. The molecule has 12 aromatic rings. The van der Waals surface area contributed by atoms with Gasteiger partial charge in [-0.3, -0.25) is 0 Å². The fourth-order valence-corrected chi connectivity index (χ4v) is 10.7. The lowest BCUT2D eigenvalue weighted by atomic mass is 9.84. The molecule has 294 valence electrons. The van der Waals surface area contributed by atoms with Crippen LogP contribution in [0, 0.1) is 0 Å². The fraction of sp³-hybridized carbons (Fsp3) is 0.0164. The first kappa shape index (κ1) is 35.5. The Morgan fingerprint density at radius 2 is 0.730 bits per heavy atom. The zero-order chi connectivity index (χ0) is 41.4. The molecule has 2 nitrogen and oxygen atoms in total. The van der Waals surface area contributed by atoms with Gasteiger partial charge in [0.25, 0.3) is 0 Å². The van der Waals surface area contributed by atoms with Gasteiger partial charge in [0.15, 0.2) is 0 Å². The van der Waals surface area contributed by atoms with Gasteiger partial charge in [0.2, 0.25) is 0 Å². The van der Waals surface area contributed by atoms with Crippen molar-refractivity contribution < 1.29 is 0 Å². The van der Waals surface area contributed by atoms with Crippen LogP contribution >= 0.6 is 0 Å². The topological polar surface area (TPSA) is 9.86 Å². The number of nitrogens with zero attached hydrogens (tertiary/aromatic N) is 2. The third-order valence-electron chi connectivity index (χ3n) is 13.4. The van der Waals surface area contributed by atoms with Gasteiger partial charge in [-0.1, -0.05) is 182 Å². The van der Waals surface area contributed by atoms with Crippen LogP contribution in [0.5, 0.6) is 0 Å². The van der Waals surface area contributed by atoms with Gasteiger partial charge < -0.3 is 9.13 Å². The van der Waals surface area contributed by atoms with Gasteiger partial charge in [-0.05, 0) is 110 Å². The van der Waals surface area contributed by atoms with E-state index < -0.39 is 0 Å². The first-order chi connectivity index (χ1) is 31.3. The summed E-state index contributed by atoms with van der Waals surface area (Å²) in [6.07, 6.45) is 0. The quantitative estimate of drug-likeness (QED) is 0.159. The van der Waals surface area contributed by atoms with Crippen LogP contribution in [0.3, 0.4) is 0 Å². The van der Waals surface area contributed by atoms with Gasteiger partial charge in [-0.25, -0.2) is 0 Å². The normalized spacial score (nSPS) is 13.2. The summed E-state index contributed by atoms with van der Waals surface area (Å²) in [7, 11) is 0. The number of hydrogen-bond donors (Lipinski definition) is 0. The predicted octanol–water partition coefficient (Wildman–Crippen LogP) is 16.0. The van der Waals surface area contributed by atoms with E-state index >= 15 is 0 Å². The molecule has 0 radical (unpaired) electrons. The average molecular weight is 801 g/mol. The lowest BCUT2D eigenvalue weighted by Crippen LogP contribution is -2.01. The molecule has 0 amide bonds. The molecule has 1 unspecified atom stereocenters. The molecule has 0 saturated carbocycles. The molecule has 1 atom stereocenters. The minimum absolute atomic E-state index is 0.159. The van der Waals surface area contributed by atoms with E-state index in [4.69, 9.17) is 0 Å². The predicted molar refractivity (Wildman–Crippen MR) is 264 cm³/mol. The molecule has 0 bridgehead atoms. The largest absolute Gasteiger partial charge is 0.309 e. The van der Waals surface area contributed by atoms with Crippen molar-refractivity contribution in [3.8, 4) is 55.9 Å². The van der Waals surface area contributed by atoms with Crippen LogP contribution in [0.25, 0.3) is 99.5 Å². The zero-order valence-corrected chi connectivity index (χ0v) is 34.5. The molecule has 0 N–H and O–H groups in total. The van der Waals surface area contributed by atoms with Crippen molar-refractivity contribution in [2.45, 2.75) is 5.92 Å². The standard InChI is InChI=1S/C61H40N2/c1-3-17-40(18-4-1)45-21-7-9-26-50(45)61-51-27-10-8-23-47(51)53-37-42(31-34-52(53)61)43-32-35-59-54(38-43)48-24-12-15-29-57(48)62(59)44-33-36-60-55(39-44)49-25-13-16-30-58(49)63(60)56-28-14-11-22-46(56)41-19-5-2-6-20-41/h1-39,61H. The number of fused-ring (bicyclic) bond motifs is 9. The number of benzene rings is 10. The summed E-state index contributed by atoms with van der Waals surface area (Å²) in [6, 6.07) is 87.1. The molecule has 0 spiro atoms. The van der Waals surface area contributed by atoms with Crippen molar-refractivity contribution >= 4 is 43.6 Å². The fourth-order valence-electron chi connectivity index (χ4n) is 10.7. The summed E-state index contributed by atoms with van der Waals surface area (Å²) >= 11 is 0. The first-order valence-corrected chi connectivity index (χ1v) is 21.9. The van der Waals surface area contributed by atoms with Gasteiger partial charge in [-0.2, -0.15) is 0 Å². The van der Waals surface area contributed by atoms with Crippen LogP contribution in [-0.2, 0) is 0 Å². The molecule has 10 aromatic carbocycles. The van der Waals surface area contributed by atoms with Crippen molar-refractivity contribution in [3.05, 3.63) is 253 Å². The second-order valence-electron chi connectivity index (χ2n) is 16.8. The summed E-state index contributed by atoms with van der Waals surface area (Å²) in [5.41, 5.74) is 21.2. The molecular weight excluding hydrogens is 761 g/mol. The molecular formula is C61H40N2. The molecule has 0 fully saturated rings. The van der Waals surface area contributed by atoms with E-state index in [2.05, 4.69) is 246 Å². The van der Waals surface area contributed by atoms with Gasteiger partial charge in [0, 0.05) is 38.7 Å². The van der Waals surface area contributed by atoms with Gasteiger partial charge in [0.1, 0.15) is 0 Å². The molecule has 2 heteroatoms. The Hall–Kier alpha value is -8.20. The third-order valence-corrected chi connectivity index (χ3v) is 13.4. The third kappa shape index (κ3) is 5.51. The Morgan fingerprint density at radius 1 is 0.254 bits per heavy atom. The van der Waals surface area contributed by atoms with Crippen LogP contribution in [0.4, 0.5) is 0 Å². The highest BCUT2D eigenvalue weighted by atomic mass is 15.0. The maximum absolute atomic E-state index is 2.45. The van der Waals surface area contributed by atoms with Crippen LogP contribution in [-0.4, -0.2) is 9.13 Å². The van der Waals surface area contributed by atoms with E-state index in [1.807, 2.05) is 0 Å². The summed E-state index contributed by atoms with van der Waals surface area (Å²) in [6.45, 7) is 0. The zero-order valence-electron chi connectivity index (χ0n) is 34.5. The lowest BCUT2D eigenvalue weighted by Gasteiger charge is -2.19. The van der Waals surface area contributed by atoms with Gasteiger partial charge >= 0.3 is 0 Å². The van der Waals surface area contributed by atoms with Crippen LogP contribution in [0.15, 0.2) is 237 Å². The Kier molecular flexibility index (Phi) is 8.01. The molecule has 0 aliphatic heterocycles. The number of rotatable bonds is 6. The maximum Gasteiger partial charge on any atom is 0.0542 e. The molecule has 0 saturated heterocycles. The second-order valence-corrected chi connectivity index (χ2v) is 16.8. The molecule has 2 heterocycles. The number of hydrogen-bond acceptors (Lipinski definition) is 0. The van der Waals surface area contributed by atoms with Gasteiger partial charge in [0.05, 0.1) is 27.8 Å². The van der Waals surface area contributed by atoms with E-state index in [0.29, 0.717) is 0 Å². The van der Waals surface area contributed by atoms with Crippen molar-refractivity contribution in [1.82, 2.24) is 9.13 Å². The summed E-state index contributed by atoms with van der Waals surface area (Å²) in [5, 5.41) is 4.97. The molecule has 63 heavy (non-hydrogen) atoms. The van der Waals surface area contributed by atoms with Crippen LogP contribution < -0.4 is 0 Å². The lowest BCUT2D eigenvalue weighted by molar-refractivity contribution is 1.02. The number of aromatic nitrogens is 2. The van der Waals surface area contributed by atoms with Crippen molar-refractivity contribution in [3.63, 3.8) is 0 Å². The van der Waals surface area contributed by atoms with Crippen LogP contribution in [0.1, 0.15) is 22.6 Å². The summed E-state index contributed by atoms with van der Waals surface area (Å²) in [4.78, 5) is 0. The van der Waals surface area contributed by atoms with Crippen molar-refractivity contribution in [2.24, 2.45) is 0 Å². The van der Waals surface area contributed by atoms with E-state index in [1.54, 1.807) is 0 Å². The minimum Gasteiger partial charge on any atom is -0.309 e. The monoisotopic (exact) mass is 800 g/mol. The smallest absolute Gasteiger partial charge is 0.0542 e. The van der Waals surface area contributed by atoms with Gasteiger partial charge in [-0.15, -0.1) is 0 Å². The highest BCUT2D eigenvalue weighted by Crippen LogP contribution is 2.51. The maximum atomic E-state index is 2.45. The second kappa shape index (κ2) is 14.2.